The van der Waals surface area contributed by atoms with Crippen LogP contribution in [0.15, 0.2) is 53.7 Å². The van der Waals surface area contributed by atoms with Crippen LogP contribution in [0.3, 0.4) is 0 Å². The lowest BCUT2D eigenvalue weighted by atomic mass is 9.94. The molecule has 1 aliphatic rings. The average molecular weight is 445 g/mol. The number of benzene rings is 2. The molecule has 2 aromatic rings. The molecule has 0 spiro atoms. The van der Waals surface area contributed by atoms with Crippen molar-refractivity contribution in [3.05, 3.63) is 69.9 Å². The number of rotatable bonds is 8. The molecule has 8 heteroatoms. The van der Waals surface area contributed by atoms with Crippen molar-refractivity contribution in [3.63, 3.8) is 0 Å². The number of nitrogens with one attached hydrogen (secondary N) is 2. The molecule has 1 atom stereocenters. The standard InChI is InChI=1S/C23H25ClN2O5/c1-4-17-20(22(27)30-5-2)21(26-23(28)25-17)15-9-10-18(19(12-15)29-3)31-13-14-7-6-8-16(24)11-14/h6-12,21H,4-5,13H2,1-3H3,(H2,25,26,28). The van der Waals surface area contributed by atoms with Crippen molar-refractivity contribution in [2.45, 2.75) is 32.9 Å². The lowest BCUT2D eigenvalue weighted by Crippen LogP contribution is -2.45. The zero-order chi connectivity index (χ0) is 22.4. The van der Waals surface area contributed by atoms with E-state index in [1.165, 1.54) is 7.11 Å². The number of methoxy groups -OCH3 is 1. The van der Waals surface area contributed by atoms with Gasteiger partial charge in [0.2, 0.25) is 0 Å². The number of amides is 2. The molecule has 2 N–H and O–H groups in total. The predicted octanol–water partition coefficient (Wildman–Crippen LogP) is 4.51. The first-order valence-corrected chi connectivity index (χ1v) is 10.4. The van der Waals surface area contributed by atoms with Gasteiger partial charge in [-0.25, -0.2) is 9.59 Å². The van der Waals surface area contributed by atoms with Gasteiger partial charge in [0.05, 0.1) is 25.3 Å². The average Bonchev–Trinajstić information content (AvgIpc) is 2.77. The lowest BCUT2D eigenvalue weighted by molar-refractivity contribution is -0.139. The van der Waals surface area contributed by atoms with E-state index in [0.717, 1.165) is 5.56 Å². The largest absolute Gasteiger partial charge is 0.493 e. The third-order valence-corrected chi connectivity index (χ3v) is 5.04. The van der Waals surface area contributed by atoms with E-state index < -0.39 is 12.0 Å². The zero-order valence-corrected chi connectivity index (χ0v) is 18.4. The fourth-order valence-electron chi connectivity index (χ4n) is 3.37. The van der Waals surface area contributed by atoms with Crippen LogP contribution in [-0.4, -0.2) is 25.7 Å². The molecule has 7 nitrogen and oxygen atoms in total. The lowest BCUT2D eigenvalue weighted by Gasteiger charge is -2.29. The molecular formula is C23H25ClN2O5. The first kappa shape index (κ1) is 22.5. The van der Waals surface area contributed by atoms with Crippen LogP contribution in [0.4, 0.5) is 4.79 Å². The Balaban J connectivity index is 1.90. The Bertz CT molecular complexity index is 1010. The van der Waals surface area contributed by atoms with Gasteiger partial charge in [0.25, 0.3) is 0 Å². The Kier molecular flexibility index (Phi) is 7.41. The van der Waals surface area contributed by atoms with Crippen LogP contribution in [0.5, 0.6) is 11.5 Å². The minimum absolute atomic E-state index is 0.236. The Morgan fingerprint density at radius 2 is 1.94 bits per heavy atom. The van der Waals surface area contributed by atoms with Gasteiger partial charge in [0.1, 0.15) is 6.61 Å². The van der Waals surface area contributed by atoms with Crippen LogP contribution in [-0.2, 0) is 16.1 Å². The zero-order valence-electron chi connectivity index (χ0n) is 17.7. The third kappa shape index (κ3) is 5.30. The summed E-state index contributed by atoms with van der Waals surface area (Å²) in [6.45, 7) is 4.15. The minimum Gasteiger partial charge on any atom is -0.493 e. The molecule has 3 rings (SSSR count). The van der Waals surface area contributed by atoms with Crippen molar-refractivity contribution in [3.8, 4) is 11.5 Å². The molecule has 0 fully saturated rings. The SMILES string of the molecule is CCOC(=O)C1=C(CC)NC(=O)NC1c1ccc(OCc2cccc(Cl)c2)c(OC)c1. The van der Waals surface area contributed by atoms with Gasteiger partial charge in [-0.05, 0) is 48.7 Å². The quantitative estimate of drug-likeness (QED) is 0.585. The Morgan fingerprint density at radius 1 is 1.13 bits per heavy atom. The Hall–Kier alpha value is -3.19. The van der Waals surface area contributed by atoms with E-state index >= 15 is 0 Å². The number of carbonyl (C=O) groups excluding carboxylic acids is 2. The van der Waals surface area contributed by atoms with Gasteiger partial charge < -0.3 is 24.8 Å². The van der Waals surface area contributed by atoms with Gasteiger partial charge >= 0.3 is 12.0 Å². The van der Waals surface area contributed by atoms with Crippen LogP contribution < -0.4 is 20.1 Å². The van der Waals surface area contributed by atoms with Gasteiger partial charge in [0.15, 0.2) is 11.5 Å². The van der Waals surface area contributed by atoms with Crippen molar-refractivity contribution in [2.75, 3.05) is 13.7 Å². The van der Waals surface area contributed by atoms with E-state index in [1.54, 1.807) is 31.2 Å². The molecule has 0 aromatic heterocycles. The Labute approximate surface area is 186 Å². The van der Waals surface area contributed by atoms with Crippen LogP contribution >= 0.6 is 11.6 Å². The van der Waals surface area contributed by atoms with Crippen molar-refractivity contribution in [1.29, 1.82) is 0 Å². The second-order valence-electron chi connectivity index (χ2n) is 6.83. The van der Waals surface area contributed by atoms with Crippen LogP contribution in [0, 0.1) is 0 Å². The van der Waals surface area contributed by atoms with Gasteiger partial charge in [-0.2, -0.15) is 0 Å². The molecule has 0 radical (unpaired) electrons. The van der Waals surface area contributed by atoms with Gasteiger partial charge in [-0.3, -0.25) is 0 Å². The molecule has 1 heterocycles. The smallest absolute Gasteiger partial charge is 0.338 e. The highest BCUT2D eigenvalue weighted by Gasteiger charge is 2.33. The number of urea groups is 1. The van der Waals surface area contributed by atoms with Crippen molar-refractivity contribution in [2.24, 2.45) is 0 Å². The van der Waals surface area contributed by atoms with Crippen molar-refractivity contribution < 1.29 is 23.8 Å². The predicted molar refractivity (Wildman–Crippen MR) is 117 cm³/mol. The summed E-state index contributed by atoms with van der Waals surface area (Å²) in [6.07, 6.45) is 0.482. The third-order valence-electron chi connectivity index (χ3n) is 4.81. The summed E-state index contributed by atoms with van der Waals surface area (Å²) in [4.78, 5) is 24.8. The fourth-order valence-corrected chi connectivity index (χ4v) is 3.58. The second-order valence-corrected chi connectivity index (χ2v) is 7.26. The summed E-state index contributed by atoms with van der Waals surface area (Å²) in [6, 6.07) is 11.6. The van der Waals surface area contributed by atoms with Crippen molar-refractivity contribution in [1.82, 2.24) is 10.6 Å². The topological polar surface area (TPSA) is 85.9 Å². The molecule has 1 unspecified atom stereocenters. The van der Waals surface area contributed by atoms with Crippen LogP contribution in [0.25, 0.3) is 0 Å². The molecule has 2 aromatic carbocycles. The number of carbonyl (C=O) groups is 2. The fraction of sp³-hybridized carbons (Fsp3) is 0.304. The molecule has 0 aliphatic carbocycles. The van der Waals surface area contributed by atoms with E-state index in [-0.39, 0.29) is 12.6 Å². The summed E-state index contributed by atoms with van der Waals surface area (Å²) >= 11 is 6.03. The first-order chi connectivity index (χ1) is 15.0. The highest BCUT2D eigenvalue weighted by atomic mass is 35.5. The van der Waals surface area contributed by atoms with E-state index in [0.29, 0.717) is 46.4 Å². The maximum Gasteiger partial charge on any atom is 0.338 e. The molecule has 1 aliphatic heterocycles. The highest BCUT2D eigenvalue weighted by Crippen LogP contribution is 2.35. The maximum atomic E-state index is 12.6. The summed E-state index contributed by atoms with van der Waals surface area (Å²) in [7, 11) is 1.53. The van der Waals surface area contributed by atoms with Gasteiger partial charge in [0, 0.05) is 10.7 Å². The molecule has 2 amide bonds. The normalized spacial score (nSPS) is 15.7. The van der Waals surface area contributed by atoms with Gasteiger partial charge in [-0.15, -0.1) is 0 Å². The Morgan fingerprint density at radius 3 is 2.61 bits per heavy atom. The maximum absolute atomic E-state index is 12.6. The molecule has 31 heavy (non-hydrogen) atoms. The van der Waals surface area contributed by atoms with Crippen molar-refractivity contribution >= 4 is 23.6 Å². The molecule has 164 valence electrons. The van der Waals surface area contributed by atoms with Gasteiger partial charge in [-0.1, -0.05) is 36.7 Å². The first-order valence-electron chi connectivity index (χ1n) is 9.99. The molecular weight excluding hydrogens is 420 g/mol. The van der Waals surface area contributed by atoms with Crippen LogP contribution in [0.1, 0.15) is 37.4 Å². The number of halogens is 1. The number of esters is 1. The molecule has 0 saturated carbocycles. The number of ether oxygens (including phenoxy) is 3. The summed E-state index contributed by atoms with van der Waals surface area (Å²) in [5.74, 6) is 0.537. The molecule has 0 saturated heterocycles. The summed E-state index contributed by atoms with van der Waals surface area (Å²) < 4.78 is 16.6. The number of hydrogen-bond donors (Lipinski definition) is 2. The number of allylic oxidation sites excluding steroid dienone is 1. The van der Waals surface area contributed by atoms with E-state index in [9.17, 15) is 9.59 Å². The minimum atomic E-state index is -0.668. The second kappa shape index (κ2) is 10.2. The monoisotopic (exact) mass is 444 g/mol. The van der Waals surface area contributed by atoms with E-state index in [4.69, 9.17) is 25.8 Å². The highest BCUT2D eigenvalue weighted by molar-refractivity contribution is 6.30. The summed E-state index contributed by atoms with van der Waals surface area (Å²) in [5, 5.41) is 6.14. The summed E-state index contributed by atoms with van der Waals surface area (Å²) in [5.41, 5.74) is 2.51. The molecule has 0 bridgehead atoms. The van der Waals surface area contributed by atoms with Crippen LogP contribution in [0.2, 0.25) is 5.02 Å². The van der Waals surface area contributed by atoms with E-state index in [2.05, 4.69) is 10.6 Å². The van der Waals surface area contributed by atoms with E-state index in [1.807, 2.05) is 25.1 Å². The number of hydrogen-bond acceptors (Lipinski definition) is 5.